The zero-order chi connectivity index (χ0) is 27.6. The van der Waals surface area contributed by atoms with Crippen LogP contribution in [0.15, 0.2) is 59.1 Å². The lowest BCUT2D eigenvalue weighted by Crippen LogP contribution is -2.42. The Balaban J connectivity index is 1.14. The Morgan fingerprint density at radius 3 is 2.50 bits per heavy atom. The first-order valence-electron chi connectivity index (χ1n) is 13.3. The number of nitrogens with zero attached hydrogens (tertiary/aromatic N) is 4. The van der Waals surface area contributed by atoms with Gasteiger partial charge in [-0.15, -0.1) is 10.2 Å². The van der Waals surface area contributed by atoms with E-state index in [1.807, 2.05) is 18.2 Å². The number of carboxylic acid groups (broad SMARTS) is 1. The van der Waals surface area contributed by atoms with Crippen LogP contribution in [0.3, 0.4) is 0 Å². The molecule has 2 aliphatic carbocycles. The van der Waals surface area contributed by atoms with Crippen LogP contribution < -0.4 is 4.90 Å². The minimum Gasteiger partial charge on any atom is -0.476 e. The molecular weight excluding hydrogens is 521 g/mol. The van der Waals surface area contributed by atoms with Crippen LogP contribution in [0.5, 0.6) is 0 Å². The van der Waals surface area contributed by atoms with Crippen LogP contribution in [-0.4, -0.2) is 39.5 Å². The molecule has 3 aliphatic rings. The molecule has 1 spiro atoms. The van der Waals surface area contributed by atoms with Gasteiger partial charge in [-0.3, -0.25) is 0 Å². The molecule has 40 heavy (non-hydrogen) atoms. The van der Waals surface area contributed by atoms with Crippen molar-refractivity contribution in [1.82, 2.24) is 15.4 Å². The Morgan fingerprint density at radius 1 is 1.05 bits per heavy atom. The topological polar surface area (TPSA) is 92.3 Å². The number of halogens is 3. The van der Waals surface area contributed by atoms with Gasteiger partial charge in [-0.25, -0.2) is 4.79 Å². The predicted octanol–water partition coefficient (Wildman–Crippen LogP) is 6.95. The monoisotopic (exact) mass is 546 g/mol. The largest absolute Gasteiger partial charge is 0.476 e. The number of anilines is 1. The summed E-state index contributed by atoms with van der Waals surface area (Å²) in [5.74, 6) is -0.176. The quantitative estimate of drug-likeness (QED) is 0.289. The number of aromatic nitrogens is 3. The van der Waals surface area contributed by atoms with Crippen molar-refractivity contribution in [2.24, 2.45) is 5.41 Å². The van der Waals surface area contributed by atoms with Crippen molar-refractivity contribution in [3.63, 3.8) is 0 Å². The molecular formula is C30H25F3N4O3. The minimum absolute atomic E-state index is 0.00220. The third-order valence-electron chi connectivity index (χ3n) is 8.41. The van der Waals surface area contributed by atoms with Crippen LogP contribution in [-0.2, 0) is 6.18 Å². The fourth-order valence-electron chi connectivity index (χ4n) is 6.10. The summed E-state index contributed by atoms with van der Waals surface area (Å²) in [6.45, 7) is 1.64. The number of carboxylic acids is 1. The van der Waals surface area contributed by atoms with Crippen molar-refractivity contribution in [3.8, 4) is 11.3 Å². The molecule has 7 rings (SSSR count). The molecule has 1 saturated carbocycles. The lowest BCUT2D eigenvalue weighted by atomic mass is 9.63. The molecule has 1 N–H and O–H groups in total. The molecule has 0 bridgehead atoms. The van der Waals surface area contributed by atoms with Gasteiger partial charge in [0.05, 0.1) is 11.1 Å². The molecule has 2 aromatic carbocycles. The van der Waals surface area contributed by atoms with Gasteiger partial charge in [-0.2, -0.15) is 13.2 Å². The fourth-order valence-corrected chi connectivity index (χ4v) is 6.10. The summed E-state index contributed by atoms with van der Waals surface area (Å²) in [5.41, 5.74) is 2.98. The molecule has 3 heterocycles. The second-order valence-electron chi connectivity index (χ2n) is 11.1. The van der Waals surface area contributed by atoms with Gasteiger partial charge in [0.2, 0.25) is 0 Å². The number of piperidine rings is 1. The van der Waals surface area contributed by atoms with Gasteiger partial charge < -0.3 is 14.5 Å². The molecule has 7 nitrogen and oxygen atoms in total. The maximum absolute atomic E-state index is 13.8. The predicted molar refractivity (Wildman–Crippen MR) is 142 cm³/mol. The molecule has 0 unspecified atom stereocenters. The summed E-state index contributed by atoms with van der Waals surface area (Å²) >= 11 is 0. The molecule has 1 aliphatic heterocycles. The molecule has 0 atom stereocenters. The van der Waals surface area contributed by atoms with Crippen LogP contribution in [0.2, 0.25) is 0 Å². The summed E-state index contributed by atoms with van der Waals surface area (Å²) in [6.07, 6.45) is 2.29. The highest BCUT2D eigenvalue weighted by atomic mass is 19.4. The number of allylic oxidation sites excluding steroid dienone is 2. The van der Waals surface area contributed by atoms with Gasteiger partial charge in [0.25, 0.3) is 0 Å². The summed E-state index contributed by atoms with van der Waals surface area (Å²) in [7, 11) is 0. The number of benzene rings is 2. The number of rotatable bonds is 5. The Hall–Kier alpha value is -4.21. The minimum atomic E-state index is -4.48. The van der Waals surface area contributed by atoms with E-state index in [0.29, 0.717) is 11.3 Å². The van der Waals surface area contributed by atoms with Crippen molar-refractivity contribution in [3.05, 3.63) is 77.2 Å². The van der Waals surface area contributed by atoms with Crippen molar-refractivity contribution >= 4 is 28.1 Å². The Labute approximate surface area is 227 Å². The van der Waals surface area contributed by atoms with E-state index < -0.39 is 17.7 Å². The van der Waals surface area contributed by atoms with Gasteiger partial charge >= 0.3 is 12.1 Å². The van der Waals surface area contributed by atoms with Crippen molar-refractivity contribution in [2.45, 2.75) is 44.2 Å². The first-order valence-corrected chi connectivity index (χ1v) is 13.3. The van der Waals surface area contributed by atoms with Crippen LogP contribution in [0.1, 0.15) is 65.4 Å². The Kier molecular flexibility index (Phi) is 5.52. The normalized spacial score (nSPS) is 18.6. The zero-order valence-electron chi connectivity index (χ0n) is 21.4. The zero-order valence-corrected chi connectivity index (χ0v) is 21.4. The van der Waals surface area contributed by atoms with Gasteiger partial charge in [-0.05, 0) is 67.4 Å². The van der Waals surface area contributed by atoms with Gasteiger partial charge in [-0.1, -0.05) is 35.5 Å². The van der Waals surface area contributed by atoms with Crippen molar-refractivity contribution < 1.29 is 27.6 Å². The Bertz CT molecular complexity index is 1680. The van der Waals surface area contributed by atoms with E-state index in [1.165, 1.54) is 18.2 Å². The third kappa shape index (κ3) is 4.22. The third-order valence-corrected chi connectivity index (χ3v) is 8.41. The highest BCUT2D eigenvalue weighted by molar-refractivity contribution is 5.91. The summed E-state index contributed by atoms with van der Waals surface area (Å²) in [4.78, 5) is 13.5. The number of fused-ring (bicyclic) bond motifs is 1. The van der Waals surface area contributed by atoms with E-state index in [2.05, 4.69) is 26.3 Å². The van der Waals surface area contributed by atoms with E-state index >= 15 is 0 Å². The van der Waals surface area contributed by atoms with E-state index in [0.717, 1.165) is 73.5 Å². The SMILES string of the molecule is O=C(O)c1cc2ccc(N3CCC4(C=C(c5c(-c6ccccc6C(F)(F)F)noc5C5CC5)C4)CC3)cc2nn1. The number of hydrogen-bond acceptors (Lipinski definition) is 6. The van der Waals surface area contributed by atoms with Gasteiger partial charge in [0, 0.05) is 41.2 Å². The summed E-state index contributed by atoms with van der Waals surface area (Å²) in [5, 5.41) is 21.9. The average Bonchev–Trinajstić information content (AvgIpc) is 3.69. The van der Waals surface area contributed by atoms with Crippen molar-refractivity contribution in [2.75, 3.05) is 18.0 Å². The smallest absolute Gasteiger partial charge is 0.417 e. The standard InChI is InChI=1S/C30H25F3N4O3/c31-30(32,33)22-4-2-1-3-21(22)26-25(27(40-36-26)17-5-6-17)19-15-29(16-19)9-11-37(12-10-29)20-8-7-18-13-24(28(38)39)35-34-23(18)14-20/h1-4,7-8,13-15,17H,5-6,9-12,16H2,(H,38,39). The van der Waals surface area contributed by atoms with Crippen LogP contribution >= 0.6 is 0 Å². The first kappa shape index (κ1) is 24.8. The van der Waals surface area contributed by atoms with Crippen LogP contribution in [0.25, 0.3) is 27.7 Å². The van der Waals surface area contributed by atoms with Crippen LogP contribution in [0, 0.1) is 5.41 Å². The second-order valence-corrected chi connectivity index (χ2v) is 11.1. The molecule has 0 radical (unpaired) electrons. The summed E-state index contributed by atoms with van der Waals surface area (Å²) in [6, 6.07) is 12.9. The van der Waals surface area contributed by atoms with E-state index in [9.17, 15) is 18.0 Å². The first-order chi connectivity index (χ1) is 19.2. The number of hydrogen-bond donors (Lipinski definition) is 1. The molecule has 2 fully saturated rings. The number of alkyl halides is 3. The lowest BCUT2D eigenvalue weighted by molar-refractivity contribution is -0.137. The van der Waals surface area contributed by atoms with E-state index in [-0.39, 0.29) is 28.3 Å². The Morgan fingerprint density at radius 2 is 1.80 bits per heavy atom. The lowest BCUT2D eigenvalue weighted by Gasteiger charge is -2.47. The number of carbonyl (C=O) groups is 1. The maximum atomic E-state index is 13.8. The fraction of sp³-hybridized carbons (Fsp3) is 0.333. The highest BCUT2D eigenvalue weighted by Gasteiger charge is 2.44. The van der Waals surface area contributed by atoms with E-state index in [4.69, 9.17) is 9.63 Å². The maximum Gasteiger partial charge on any atom is 0.417 e. The molecule has 4 aromatic rings. The van der Waals surface area contributed by atoms with Crippen LogP contribution in [0.4, 0.5) is 18.9 Å². The van der Waals surface area contributed by atoms with Gasteiger partial charge in [0.1, 0.15) is 11.5 Å². The number of aromatic carboxylic acids is 1. The molecule has 10 heteroatoms. The molecule has 0 amide bonds. The van der Waals surface area contributed by atoms with E-state index in [1.54, 1.807) is 6.07 Å². The average molecular weight is 547 g/mol. The highest BCUT2D eigenvalue weighted by Crippen LogP contribution is 2.56. The van der Waals surface area contributed by atoms with Crippen molar-refractivity contribution in [1.29, 1.82) is 0 Å². The molecule has 2 aromatic heterocycles. The van der Waals surface area contributed by atoms with Gasteiger partial charge in [0.15, 0.2) is 5.69 Å². The summed E-state index contributed by atoms with van der Waals surface area (Å²) < 4.78 is 47.2. The molecule has 1 saturated heterocycles. The second kappa shape index (κ2) is 8.90. The molecule has 204 valence electrons.